The summed E-state index contributed by atoms with van der Waals surface area (Å²) in [6.07, 6.45) is 0.681. The normalized spacial score (nSPS) is 10.8. The molecule has 0 unspecified atom stereocenters. The summed E-state index contributed by atoms with van der Waals surface area (Å²) < 4.78 is 7.83. The van der Waals surface area contributed by atoms with Crippen LogP contribution in [0.15, 0.2) is 36.4 Å². The van der Waals surface area contributed by atoms with Crippen molar-refractivity contribution in [2.45, 2.75) is 25.6 Å². The SMILES string of the molecule is C[SiH](C)[O-].Cl.[HH].[NH-]C[C@@H](N)Cc1cc(I)c(Oc2ccc([O-])cc2)c(I)c1.[Pt]. The second-order valence-electron chi connectivity index (χ2n) is 5.68. The molecule has 2 rings (SSSR count). The quantitative estimate of drug-likeness (QED) is 0.368. The average molecular weight is 817 g/mol. The summed E-state index contributed by atoms with van der Waals surface area (Å²) in [6.45, 7) is 3.72. The molecule has 27 heavy (non-hydrogen) atoms. The minimum absolute atomic E-state index is 0. The fourth-order valence-corrected chi connectivity index (χ4v) is 3.95. The molecule has 0 spiro atoms. The van der Waals surface area contributed by atoms with Crippen LogP contribution in [0.1, 0.15) is 6.99 Å². The average Bonchev–Trinajstić information content (AvgIpc) is 2.52. The van der Waals surface area contributed by atoms with Crippen LogP contribution in [0.3, 0.4) is 0 Å². The van der Waals surface area contributed by atoms with E-state index in [9.17, 15) is 9.90 Å². The summed E-state index contributed by atoms with van der Waals surface area (Å²) in [5, 5.41) is 11.1. The summed E-state index contributed by atoms with van der Waals surface area (Å²) in [4.78, 5) is 9.67. The molecule has 1 atom stereocenters. The predicted octanol–water partition coefficient (Wildman–Crippen LogP) is 3.68. The van der Waals surface area contributed by atoms with Crippen LogP contribution < -0.4 is 20.4 Å². The zero-order valence-electron chi connectivity index (χ0n) is 14.8. The zero-order chi connectivity index (χ0) is 19.0. The van der Waals surface area contributed by atoms with Crippen LogP contribution in [0.4, 0.5) is 0 Å². The molecule has 0 aliphatic rings. The fourth-order valence-electron chi connectivity index (χ4n) is 1.83. The first kappa shape index (κ1) is 29.8. The van der Waals surface area contributed by atoms with E-state index in [2.05, 4.69) is 45.2 Å². The summed E-state index contributed by atoms with van der Waals surface area (Å²) in [6, 6.07) is 10.2. The smallest absolute Gasteiger partial charge is 0.154 e. The van der Waals surface area contributed by atoms with Crippen LogP contribution >= 0.6 is 57.6 Å². The van der Waals surface area contributed by atoms with Gasteiger partial charge < -0.3 is 26.1 Å². The summed E-state index contributed by atoms with van der Waals surface area (Å²) >= 11 is 4.45. The molecule has 0 heterocycles. The third kappa shape index (κ3) is 12.0. The number of rotatable bonds is 5. The molecule has 0 radical (unpaired) electrons. The molecule has 3 N–H and O–H groups in total. The molecule has 158 valence electrons. The summed E-state index contributed by atoms with van der Waals surface area (Å²) in [7, 11) is -1.39. The zero-order valence-corrected chi connectivity index (χ0v) is 23.4. The van der Waals surface area contributed by atoms with Crippen LogP contribution in [0, 0.1) is 7.14 Å². The topological polar surface area (TPSA) is 105 Å². The van der Waals surface area contributed by atoms with E-state index in [1.165, 1.54) is 12.1 Å². The molecule has 10 heteroatoms. The van der Waals surface area contributed by atoms with E-state index in [0.29, 0.717) is 12.2 Å². The molecule has 0 bridgehead atoms. The second-order valence-corrected chi connectivity index (χ2v) is 10.1. The standard InChI is InChI=1S/C15H15I2N2O2.C2H7OSi.ClH.Pt.H2/c16-13-6-9(5-10(19)8-18)7-14(17)15(13)21-12-3-1-11(20)2-4-12;1-4(2)3;;;/h1-4,6-7,10,18,20H,5,8,19H2;4H,1-2H3;1H;;1H/q2*-1;;;/p-1/t10-;;;;/m0..../s1. The molecule has 0 aliphatic heterocycles. The van der Waals surface area contributed by atoms with E-state index < -0.39 is 9.04 Å². The number of halogens is 3. The third-order valence-corrected chi connectivity index (χ3v) is 4.46. The maximum atomic E-state index is 11.1. The molecule has 2 aromatic rings. The van der Waals surface area contributed by atoms with Crippen molar-refractivity contribution in [3.05, 3.63) is 54.8 Å². The van der Waals surface area contributed by atoms with Crippen molar-refractivity contribution in [2.24, 2.45) is 5.73 Å². The van der Waals surface area contributed by atoms with Crippen LogP contribution in [0.25, 0.3) is 5.73 Å². The first-order valence-corrected chi connectivity index (χ1v) is 12.7. The van der Waals surface area contributed by atoms with E-state index in [0.717, 1.165) is 18.5 Å². The van der Waals surface area contributed by atoms with Gasteiger partial charge in [0.05, 0.1) is 7.14 Å². The van der Waals surface area contributed by atoms with E-state index in [1.54, 1.807) is 25.2 Å². The number of benzene rings is 2. The van der Waals surface area contributed by atoms with Gasteiger partial charge in [0, 0.05) is 22.5 Å². The van der Waals surface area contributed by atoms with Gasteiger partial charge in [0.25, 0.3) is 0 Å². The first-order valence-electron chi connectivity index (χ1n) is 7.71. The van der Waals surface area contributed by atoms with Gasteiger partial charge in [0.15, 0.2) is 5.75 Å². The van der Waals surface area contributed by atoms with Crippen molar-refractivity contribution in [1.29, 1.82) is 0 Å². The summed E-state index contributed by atoms with van der Waals surface area (Å²) in [5.74, 6) is 1.38. The molecule has 5 nitrogen and oxygen atoms in total. The van der Waals surface area contributed by atoms with Gasteiger partial charge in [-0.05, 0) is 87.5 Å². The third-order valence-electron chi connectivity index (χ3n) is 2.86. The molecule has 0 fully saturated rings. The number of hydrogen-bond acceptors (Lipinski definition) is 4. The Morgan fingerprint density at radius 1 is 1.19 bits per heavy atom. The van der Waals surface area contributed by atoms with Crippen LogP contribution in [0.2, 0.25) is 13.1 Å². The number of ether oxygens (including phenoxy) is 1. The van der Waals surface area contributed by atoms with E-state index >= 15 is 0 Å². The van der Waals surface area contributed by atoms with Crippen molar-refractivity contribution in [3.63, 3.8) is 0 Å². The molecular formula is C17H24ClI2N2O3PtSi-3. The minimum Gasteiger partial charge on any atom is -0.872 e. The molecule has 2 aromatic carbocycles. The Bertz CT molecular complexity index is 662. The Kier molecular flexibility index (Phi) is 17.0. The molecule has 0 aliphatic carbocycles. The van der Waals surface area contributed by atoms with Crippen molar-refractivity contribution >= 4 is 66.6 Å². The van der Waals surface area contributed by atoms with Gasteiger partial charge in [-0.2, -0.15) is 0 Å². The largest absolute Gasteiger partial charge is 0.872 e. The Morgan fingerprint density at radius 2 is 1.63 bits per heavy atom. The molecular weight excluding hydrogens is 793 g/mol. The maximum absolute atomic E-state index is 11.1. The van der Waals surface area contributed by atoms with Crippen LogP contribution in [-0.4, -0.2) is 21.6 Å². The van der Waals surface area contributed by atoms with Gasteiger partial charge in [0.2, 0.25) is 0 Å². The molecule has 0 saturated heterocycles. The fraction of sp³-hybridized carbons (Fsp3) is 0.294. The van der Waals surface area contributed by atoms with Crippen molar-refractivity contribution < 1.29 is 37.1 Å². The predicted molar refractivity (Wildman–Crippen MR) is 127 cm³/mol. The Labute approximate surface area is 211 Å². The monoisotopic (exact) mass is 816 g/mol. The van der Waals surface area contributed by atoms with Crippen molar-refractivity contribution in [3.8, 4) is 17.2 Å². The van der Waals surface area contributed by atoms with Crippen molar-refractivity contribution in [1.82, 2.24) is 0 Å². The van der Waals surface area contributed by atoms with Gasteiger partial charge in [-0.15, -0.1) is 24.7 Å². The Hall–Kier alpha value is 0.575. The van der Waals surface area contributed by atoms with Crippen LogP contribution in [0.5, 0.6) is 17.2 Å². The maximum Gasteiger partial charge on any atom is 0.154 e. The van der Waals surface area contributed by atoms with Gasteiger partial charge in [0.1, 0.15) is 5.75 Å². The number of nitrogens with two attached hydrogens (primary N) is 1. The van der Waals surface area contributed by atoms with Crippen LogP contribution in [-0.2, 0) is 27.5 Å². The van der Waals surface area contributed by atoms with E-state index in [-0.39, 0.29) is 53.2 Å². The number of nitrogens with one attached hydrogen (secondary N) is 1. The molecule has 0 saturated carbocycles. The minimum atomic E-state index is -1.39. The molecule has 0 aromatic heterocycles. The van der Waals surface area contributed by atoms with Crippen molar-refractivity contribution in [2.75, 3.05) is 6.54 Å². The Balaban J connectivity index is -0.000000817. The van der Waals surface area contributed by atoms with Gasteiger partial charge in [-0.3, -0.25) is 0 Å². The summed E-state index contributed by atoms with van der Waals surface area (Å²) in [5.41, 5.74) is 14.2. The van der Waals surface area contributed by atoms with E-state index in [4.69, 9.17) is 16.2 Å². The van der Waals surface area contributed by atoms with E-state index in [1.807, 2.05) is 12.1 Å². The van der Waals surface area contributed by atoms with Gasteiger partial charge in [-0.25, -0.2) is 0 Å². The first-order chi connectivity index (χ1) is 11.7. The second kappa shape index (κ2) is 15.4. The molecule has 0 amide bonds. The van der Waals surface area contributed by atoms with Gasteiger partial charge in [-0.1, -0.05) is 34.3 Å². The van der Waals surface area contributed by atoms with Gasteiger partial charge >= 0.3 is 0 Å². The Morgan fingerprint density at radius 3 is 2.04 bits per heavy atom. The number of hydrogen-bond donors (Lipinski definition) is 1.